The van der Waals surface area contributed by atoms with E-state index in [2.05, 4.69) is 9.44 Å². The van der Waals surface area contributed by atoms with Crippen LogP contribution in [0.2, 0.25) is 15.1 Å². The number of rotatable bonds is 18. The van der Waals surface area contributed by atoms with Gasteiger partial charge in [0, 0.05) is 35.8 Å². The van der Waals surface area contributed by atoms with E-state index in [1.165, 1.54) is 17.0 Å². The lowest BCUT2D eigenvalue weighted by atomic mass is 9.78. The Hall–Kier alpha value is -2.01. The smallest absolute Gasteiger partial charge is 0.242 e. The van der Waals surface area contributed by atoms with Crippen molar-refractivity contribution < 1.29 is 35.9 Å². The van der Waals surface area contributed by atoms with Gasteiger partial charge in [0.05, 0.1) is 23.7 Å². The van der Waals surface area contributed by atoms with Gasteiger partial charge < -0.3 is 20.1 Å². The lowest BCUT2D eigenvalue weighted by molar-refractivity contribution is -0.166. The van der Waals surface area contributed by atoms with Crippen molar-refractivity contribution in [2.24, 2.45) is 11.7 Å². The molecule has 2 rings (SSSR count). The zero-order valence-electron chi connectivity index (χ0n) is 25.5. The second-order valence-corrected chi connectivity index (χ2v) is 15.2. The van der Waals surface area contributed by atoms with Crippen LogP contribution in [0, 0.1) is 5.92 Å². The van der Waals surface area contributed by atoms with Crippen molar-refractivity contribution in [1.82, 2.24) is 14.3 Å². The monoisotopic (exact) mass is 728 g/mol. The number of sulfonamides is 2. The Kier molecular flexibility index (Phi) is 14.5. The minimum atomic E-state index is -4.50. The highest BCUT2D eigenvalue weighted by atomic mass is 35.5. The Balaban J connectivity index is 2.78. The Morgan fingerprint density at radius 2 is 1.51 bits per heavy atom. The Labute approximate surface area is 280 Å². The number of halogens is 3. The SMILES string of the molecule is CCOC(CN(C(=O)C(Cc1ccc(Cl)cc1)C(CNS(=O)(=O)c1ccc(Cl)cc1Cl)(NS(C)(=O)=O)C(N)=O)C(C)C)OCC. The van der Waals surface area contributed by atoms with E-state index in [0.29, 0.717) is 10.6 Å². The molecule has 0 aromatic heterocycles. The normalized spacial score (nSPS) is 14.4. The average Bonchev–Trinajstić information content (AvgIpc) is 2.92. The largest absolute Gasteiger partial charge is 0.368 e. The zero-order valence-corrected chi connectivity index (χ0v) is 29.5. The van der Waals surface area contributed by atoms with E-state index in [-0.39, 0.29) is 36.2 Å². The lowest BCUT2D eigenvalue weighted by Gasteiger charge is -2.41. The molecule has 2 atom stereocenters. The molecule has 2 aromatic carbocycles. The van der Waals surface area contributed by atoms with Crippen LogP contribution in [-0.4, -0.2) is 84.0 Å². The number of nitrogens with zero attached hydrogens (tertiary/aromatic N) is 1. The fourth-order valence-corrected chi connectivity index (χ4v) is 7.57. The van der Waals surface area contributed by atoms with Crippen LogP contribution in [0.15, 0.2) is 47.4 Å². The van der Waals surface area contributed by atoms with Gasteiger partial charge in [0.25, 0.3) is 0 Å². The third-order valence-corrected chi connectivity index (χ3v) is 9.84. The number of hydrogen-bond acceptors (Lipinski definition) is 8. The molecule has 0 heterocycles. The van der Waals surface area contributed by atoms with Crippen LogP contribution < -0.4 is 15.2 Å². The number of carbonyl (C=O) groups excluding carboxylic acids is 2. The van der Waals surface area contributed by atoms with Crippen molar-refractivity contribution in [1.29, 1.82) is 0 Å². The van der Waals surface area contributed by atoms with Crippen molar-refractivity contribution in [3.05, 3.63) is 63.1 Å². The van der Waals surface area contributed by atoms with Crippen LogP contribution in [0.5, 0.6) is 0 Å². The molecule has 2 aromatic rings. The second-order valence-electron chi connectivity index (χ2n) is 10.4. The maximum atomic E-state index is 14.6. The molecule has 4 N–H and O–H groups in total. The topological polar surface area (TPSA) is 174 Å². The first kappa shape index (κ1) is 39.2. The van der Waals surface area contributed by atoms with E-state index in [1.54, 1.807) is 52.0 Å². The molecule has 0 saturated heterocycles. The fourth-order valence-electron chi connectivity index (χ4n) is 4.62. The molecular formula is C28H39Cl3N4O8S2. The Morgan fingerprint density at radius 1 is 0.956 bits per heavy atom. The molecule has 0 aliphatic rings. The first-order chi connectivity index (χ1) is 20.9. The third kappa shape index (κ3) is 11.0. The number of nitrogens with one attached hydrogen (secondary N) is 2. The van der Waals surface area contributed by atoms with Crippen LogP contribution in [-0.2, 0) is 45.5 Å². The fraction of sp³-hybridized carbons (Fsp3) is 0.500. The lowest BCUT2D eigenvalue weighted by Crippen LogP contribution is -2.70. The van der Waals surface area contributed by atoms with Crippen molar-refractivity contribution in [3.8, 4) is 0 Å². The molecule has 12 nitrogen and oxygen atoms in total. The van der Waals surface area contributed by atoms with E-state index >= 15 is 0 Å². The van der Waals surface area contributed by atoms with E-state index in [4.69, 9.17) is 50.0 Å². The van der Waals surface area contributed by atoms with Gasteiger partial charge in [0.15, 0.2) is 6.29 Å². The molecule has 0 saturated carbocycles. The summed E-state index contributed by atoms with van der Waals surface area (Å²) in [7, 11) is -8.81. The summed E-state index contributed by atoms with van der Waals surface area (Å²) < 4.78 is 68.2. The Bertz CT molecular complexity index is 1540. The molecule has 45 heavy (non-hydrogen) atoms. The highest BCUT2D eigenvalue weighted by Gasteiger charge is 2.52. The number of hydrogen-bond donors (Lipinski definition) is 3. The van der Waals surface area contributed by atoms with Gasteiger partial charge in [0.2, 0.25) is 31.9 Å². The van der Waals surface area contributed by atoms with Gasteiger partial charge in [0.1, 0.15) is 10.4 Å². The molecule has 0 spiro atoms. The quantitative estimate of drug-likeness (QED) is 0.196. The van der Waals surface area contributed by atoms with Crippen LogP contribution in [0.4, 0.5) is 0 Å². The number of primary amides is 1. The summed E-state index contributed by atoms with van der Waals surface area (Å²) in [6.45, 7) is 6.45. The molecule has 0 bridgehead atoms. The first-order valence-corrected chi connectivity index (χ1v) is 18.4. The number of carbonyl (C=O) groups is 2. The maximum Gasteiger partial charge on any atom is 0.242 e. The second kappa shape index (κ2) is 16.7. The third-order valence-electron chi connectivity index (χ3n) is 6.74. The van der Waals surface area contributed by atoms with Gasteiger partial charge in [-0.2, -0.15) is 4.72 Å². The summed E-state index contributed by atoms with van der Waals surface area (Å²) in [5, 5.41) is 0.335. The highest BCUT2D eigenvalue weighted by Crippen LogP contribution is 2.30. The highest BCUT2D eigenvalue weighted by molar-refractivity contribution is 7.89. The number of nitrogens with two attached hydrogens (primary N) is 1. The minimum absolute atomic E-state index is 0.0882. The molecule has 252 valence electrons. The summed E-state index contributed by atoms with van der Waals surface area (Å²) >= 11 is 18.1. The van der Waals surface area contributed by atoms with Crippen LogP contribution in [0.25, 0.3) is 0 Å². The summed E-state index contributed by atoms with van der Waals surface area (Å²) in [5.41, 5.74) is 3.87. The molecule has 0 radical (unpaired) electrons. The first-order valence-electron chi connectivity index (χ1n) is 13.9. The van der Waals surface area contributed by atoms with E-state index in [1.807, 2.05) is 0 Å². The summed E-state index contributed by atoms with van der Waals surface area (Å²) in [6, 6.07) is 9.43. The Morgan fingerprint density at radius 3 is 1.98 bits per heavy atom. The molecule has 17 heteroatoms. The number of amides is 2. The van der Waals surface area contributed by atoms with Crippen LogP contribution >= 0.6 is 34.8 Å². The maximum absolute atomic E-state index is 14.6. The van der Waals surface area contributed by atoms with Gasteiger partial charge >= 0.3 is 0 Å². The van der Waals surface area contributed by atoms with Gasteiger partial charge in [-0.05, 0) is 70.0 Å². The molecule has 0 fully saturated rings. The predicted molar refractivity (Wildman–Crippen MR) is 174 cm³/mol. The summed E-state index contributed by atoms with van der Waals surface area (Å²) in [4.78, 5) is 29.0. The summed E-state index contributed by atoms with van der Waals surface area (Å²) in [6.07, 6.45) is -0.333. The molecule has 2 unspecified atom stereocenters. The molecule has 0 aliphatic carbocycles. The van der Waals surface area contributed by atoms with E-state index in [0.717, 1.165) is 12.3 Å². The van der Waals surface area contributed by atoms with Crippen molar-refractivity contribution in [3.63, 3.8) is 0 Å². The van der Waals surface area contributed by atoms with Crippen molar-refractivity contribution in [2.45, 2.75) is 56.9 Å². The van der Waals surface area contributed by atoms with Crippen LogP contribution in [0.3, 0.4) is 0 Å². The van der Waals surface area contributed by atoms with Gasteiger partial charge in [-0.1, -0.05) is 46.9 Å². The van der Waals surface area contributed by atoms with Crippen LogP contribution in [0.1, 0.15) is 33.3 Å². The minimum Gasteiger partial charge on any atom is -0.368 e. The van der Waals surface area contributed by atoms with E-state index < -0.39 is 67.1 Å². The van der Waals surface area contributed by atoms with Gasteiger partial charge in [-0.15, -0.1) is 0 Å². The standard InChI is InChI=1S/C28H39Cl3N4O8S2/c1-6-42-25(43-7-2)16-35(18(3)4)26(36)22(14-19-8-10-20(29)11-9-19)28(27(32)37,34-44(5,38)39)17-33-45(40,41)24-13-12-21(30)15-23(24)31/h8-13,15,18,22,25,33-34H,6-7,14,16-17H2,1-5H3,(H2,32,37). The van der Waals surface area contributed by atoms with Gasteiger partial charge in [-0.25, -0.2) is 21.6 Å². The van der Waals surface area contributed by atoms with E-state index in [9.17, 15) is 26.4 Å². The van der Waals surface area contributed by atoms with Crippen molar-refractivity contribution in [2.75, 3.05) is 32.6 Å². The molecule has 0 aliphatic heterocycles. The number of benzene rings is 2. The number of ether oxygens (including phenoxy) is 2. The molecular weight excluding hydrogens is 691 g/mol. The van der Waals surface area contributed by atoms with Gasteiger partial charge in [-0.3, -0.25) is 9.59 Å². The molecule has 2 amide bonds. The predicted octanol–water partition coefficient (Wildman–Crippen LogP) is 3.19. The summed E-state index contributed by atoms with van der Waals surface area (Å²) in [5.74, 6) is -3.61. The average molecular weight is 730 g/mol. The zero-order chi connectivity index (χ0) is 34.2. The van der Waals surface area contributed by atoms with Crippen molar-refractivity contribution >= 4 is 66.7 Å².